The van der Waals surface area contributed by atoms with E-state index in [1.54, 1.807) is 13.3 Å². The van der Waals surface area contributed by atoms with Gasteiger partial charge in [0, 0.05) is 22.5 Å². The first kappa shape index (κ1) is 19.4. The van der Waals surface area contributed by atoms with Crippen molar-refractivity contribution in [3.05, 3.63) is 76.7 Å². The summed E-state index contributed by atoms with van der Waals surface area (Å²) < 4.78 is 5.55. The Morgan fingerprint density at radius 1 is 1.10 bits per heavy atom. The molecule has 4 rings (SSSR count). The first-order valence-corrected chi connectivity index (χ1v) is 9.66. The van der Waals surface area contributed by atoms with Gasteiger partial charge in [0.05, 0.1) is 7.11 Å². The number of pyridine rings is 2. The molecule has 1 aliphatic heterocycles. The molecule has 6 nitrogen and oxygen atoms in total. The molecule has 0 amide bonds. The normalized spacial score (nSPS) is 18.7. The smallest absolute Gasteiger partial charge is 0.221 e. The van der Waals surface area contributed by atoms with Crippen LogP contribution in [0.4, 0.5) is 0 Å². The second-order valence-electron chi connectivity index (χ2n) is 6.84. The first-order chi connectivity index (χ1) is 14.0. The van der Waals surface area contributed by atoms with Crippen LogP contribution >= 0.6 is 11.6 Å². The van der Waals surface area contributed by atoms with Gasteiger partial charge in [-0.2, -0.15) is 0 Å². The number of aliphatic imine (C=N–C) groups is 1. The minimum atomic E-state index is -0.168. The number of methoxy groups -OCH3 is 1. The molecule has 0 fully saturated rings. The number of nitrogens with one attached hydrogen (secondary N) is 1. The highest BCUT2D eigenvalue weighted by molar-refractivity contribution is 6.30. The predicted octanol–water partition coefficient (Wildman–Crippen LogP) is 4.53. The molecule has 7 heteroatoms. The number of rotatable bonds is 4. The molecule has 1 N–H and O–H groups in total. The van der Waals surface area contributed by atoms with Crippen LogP contribution < -0.4 is 10.2 Å². The number of hydrogen-bond acceptors (Lipinski definition) is 6. The molecular formula is C22H21ClN4O2. The second-order valence-corrected chi connectivity index (χ2v) is 7.27. The Kier molecular flexibility index (Phi) is 5.47. The zero-order valence-electron chi connectivity index (χ0n) is 16.4. The summed E-state index contributed by atoms with van der Waals surface area (Å²) in [6, 6.07) is 15.3. The maximum Gasteiger partial charge on any atom is 0.221 e. The fraction of sp³-hybridized carbons (Fsp3) is 0.227. The molecule has 2 unspecified atom stereocenters. The Labute approximate surface area is 174 Å². The zero-order valence-corrected chi connectivity index (χ0v) is 17.1. The number of amidine groups is 1. The third kappa shape index (κ3) is 4.09. The van der Waals surface area contributed by atoms with Gasteiger partial charge in [-0.1, -0.05) is 23.7 Å². The topological polar surface area (TPSA) is 68.6 Å². The summed E-state index contributed by atoms with van der Waals surface area (Å²) in [5.41, 5.74) is 7.39. The van der Waals surface area contributed by atoms with Crippen LogP contribution in [0.1, 0.15) is 29.9 Å². The fourth-order valence-corrected chi connectivity index (χ4v) is 3.39. The van der Waals surface area contributed by atoms with Crippen LogP contribution in [-0.4, -0.2) is 29.0 Å². The van der Waals surface area contributed by atoms with Gasteiger partial charge in [-0.25, -0.2) is 10.5 Å². The van der Waals surface area contributed by atoms with Crippen LogP contribution in [0.25, 0.3) is 11.1 Å². The molecule has 0 radical (unpaired) electrons. The van der Waals surface area contributed by atoms with E-state index < -0.39 is 0 Å². The minimum Gasteiger partial charge on any atom is -0.481 e. The van der Waals surface area contributed by atoms with Crippen molar-refractivity contribution in [2.24, 2.45) is 4.99 Å². The molecule has 0 saturated carbocycles. The van der Waals surface area contributed by atoms with Crippen molar-refractivity contribution in [2.45, 2.75) is 26.0 Å². The SMILES string of the molecule is COc1nc(C2=NC(c3ccc(Cl)cc3)C(C)ON2)ccc1-c1ccnc(C)c1. The van der Waals surface area contributed by atoms with Gasteiger partial charge in [0.2, 0.25) is 5.88 Å². The molecule has 0 aliphatic carbocycles. The summed E-state index contributed by atoms with van der Waals surface area (Å²) in [6.07, 6.45) is 1.64. The highest BCUT2D eigenvalue weighted by atomic mass is 35.5. The lowest BCUT2D eigenvalue weighted by atomic mass is 10.0. The van der Waals surface area contributed by atoms with Crippen molar-refractivity contribution in [2.75, 3.05) is 7.11 Å². The Morgan fingerprint density at radius 2 is 1.90 bits per heavy atom. The van der Waals surface area contributed by atoms with Crippen LogP contribution in [0.5, 0.6) is 5.88 Å². The van der Waals surface area contributed by atoms with Gasteiger partial charge in [-0.15, -0.1) is 0 Å². The van der Waals surface area contributed by atoms with Crippen molar-refractivity contribution in [1.82, 2.24) is 15.4 Å². The fourth-order valence-electron chi connectivity index (χ4n) is 3.27. The minimum absolute atomic E-state index is 0.138. The summed E-state index contributed by atoms with van der Waals surface area (Å²) in [7, 11) is 1.61. The van der Waals surface area contributed by atoms with Gasteiger partial charge in [0.25, 0.3) is 0 Å². The summed E-state index contributed by atoms with van der Waals surface area (Å²) in [6.45, 7) is 3.92. The van der Waals surface area contributed by atoms with E-state index in [-0.39, 0.29) is 12.1 Å². The second kappa shape index (κ2) is 8.19. The van der Waals surface area contributed by atoms with Crippen molar-refractivity contribution in [1.29, 1.82) is 0 Å². The number of benzene rings is 1. The number of ether oxygens (including phenoxy) is 1. The standard InChI is InChI=1S/C22H21ClN4O2/c1-13-12-16(10-11-24-13)18-8-9-19(25-22(18)28-3)21-26-20(14(2)29-27-21)15-4-6-17(23)7-5-15/h4-12,14,20H,1-3H3,(H,26,27). The first-order valence-electron chi connectivity index (χ1n) is 9.28. The molecule has 1 aromatic carbocycles. The van der Waals surface area contributed by atoms with Gasteiger partial charge in [-0.3, -0.25) is 14.8 Å². The summed E-state index contributed by atoms with van der Waals surface area (Å²) in [5.74, 6) is 1.07. The Hall–Kier alpha value is -2.96. The third-order valence-electron chi connectivity index (χ3n) is 4.77. The molecule has 148 valence electrons. The van der Waals surface area contributed by atoms with Crippen molar-refractivity contribution >= 4 is 17.4 Å². The maximum absolute atomic E-state index is 6.01. The molecule has 0 spiro atoms. The lowest BCUT2D eigenvalue weighted by Crippen LogP contribution is -2.38. The average molecular weight is 409 g/mol. The summed E-state index contributed by atoms with van der Waals surface area (Å²) in [5, 5.41) is 0.689. The Balaban J connectivity index is 1.70. The lowest BCUT2D eigenvalue weighted by Gasteiger charge is -2.28. The lowest BCUT2D eigenvalue weighted by molar-refractivity contribution is -0.00478. The van der Waals surface area contributed by atoms with E-state index in [1.165, 1.54) is 0 Å². The van der Waals surface area contributed by atoms with Crippen LogP contribution in [0.15, 0.2) is 59.7 Å². The molecule has 0 saturated heterocycles. The van der Waals surface area contributed by atoms with E-state index >= 15 is 0 Å². The van der Waals surface area contributed by atoms with Gasteiger partial charge in [-0.05, 0) is 61.4 Å². The number of aryl methyl sites for hydroxylation is 1. The Morgan fingerprint density at radius 3 is 2.62 bits per heavy atom. The van der Waals surface area contributed by atoms with Gasteiger partial charge < -0.3 is 4.74 Å². The summed E-state index contributed by atoms with van der Waals surface area (Å²) in [4.78, 5) is 19.5. The molecule has 3 aromatic rings. The maximum atomic E-state index is 6.01. The Bertz CT molecular complexity index is 1050. The van der Waals surface area contributed by atoms with E-state index in [2.05, 4.69) is 15.4 Å². The number of nitrogens with zero attached hydrogens (tertiary/aromatic N) is 3. The van der Waals surface area contributed by atoms with E-state index in [0.717, 1.165) is 22.4 Å². The van der Waals surface area contributed by atoms with E-state index in [4.69, 9.17) is 26.2 Å². The van der Waals surface area contributed by atoms with Crippen LogP contribution in [0, 0.1) is 6.92 Å². The van der Waals surface area contributed by atoms with Crippen LogP contribution in [0.2, 0.25) is 5.02 Å². The number of halogens is 1. The van der Waals surface area contributed by atoms with E-state index in [9.17, 15) is 0 Å². The van der Waals surface area contributed by atoms with Gasteiger partial charge in [0.15, 0.2) is 5.84 Å². The number of hydroxylamine groups is 1. The highest BCUT2D eigenvalue weighted by Gasteiger charge is 2.26. The van der Waals surface area contributed by atoms with Crippen LogP contribution in [0.3, 0.4) is 0 Å². The molecule has 2 atom stereocenters. The number of hydrogen-bond donors (Lipinski definition) is 1. The quantitative estimate of drug-likeness (QED) is 0.687. The monoisotopic (exact) mass is 408 g/mol. The molecule has 2 aromatic heterocycles. The van der Waals surface area contributed by atoms with E-state index in [1.807, 2.05) is 62.4 Å². The van der Waals surface area contributed by atoms with Crippen molar-refractivity contribution < 1.29 is 9.57 Å². The van der Waals surface area contributed by atoms with Crippen molar-refractivity contribution in [3.8, 4) is 17.0 Å². The molecule has 0 bridgehead atoms. The van der Waals surface area contributed by atoms with Crippen molar-refractivity contribution in [3.63, 3.8) is 0 Å². The zero-order chi connectivity index (χ0) is 20.4. The molecule has 29 heavy (non-hydrogen) atoms. The predicted molar refractivity (Wildman–Crippen MR) is 113 cm³/mol. The molecule has 1 aliphatic rings. The average Bonchev–Trinajstić information content (AvgIpc) is 2.74. The molecular weight excluding hydrogens is 388 g/mol. The van der Waals surface area contributed by atoms with Gasteiger partial charge in [0.1, 0.15) is 17.8 Å². The molecule has 3 heterocycles. The van der Waals surface area contributed by atoms with Crippen LogP contribution in [-0.2, 0) is 4.84 Å². The number of aromatic nitrogens is 2. The summed E-state index contributed by atoms with van der Waals surface area (Å²) >= 11 is 6.01. The largest absolute Gasteiger partial charge is 0.481 e. The van der Waals surface area contributed by atoms with E-state index in [0.29, 0.717) is 22.4 Å². The van der Waals surface area contributed by atoms with Gasteiger partial charge >= 0.3 is 0 Å². The third-order valence-corrected chi connectivity index (χ3v) is 5.02. The highest BCUT2D eigenvalue weighted by Crippen LogP contribution is 2.31.